The Balaban J connectivity index is 1.80. The second-order valence-corrected chi connectivity index (χ2v) is 7.31. The van der Waals surface area contributed by atoms with Crippen LogP contribution in [0.1, 0.15) is 39.0 Å². The van der Waals surface area contributed by atoms with E-state index in [0.29, 0.717) is 12.8 Å². The van der Waals surface area contributed by atoms with Gasteiger partial charge in [0.25, 0.3) is 0 Å². The summed E-state index contributed by atoms with van der Waals surface area (Å²) in [5.41, 5.74) is 1.40. The van der Waals surface area contributed by atoms with Gasteiger partial charge in [0.05, 0.1) is 0 Å². The monoisotopic (exact) mass is 384 g/mol. The van der Waals surface area contributed by atoms with Crippen LogP contribution in [0, 0.1) is 11.8 Å². The molecule has 0 heterocycles. The predicted octanol–water partition coefficient (Wildman–Crippen LogP) is 4.98. The highest BCUT2D eigenvalue weighted by molar-refractivity contribution is 7.74. The zero-order valence-corrected chi connectivity index (χ0v) is 16.2. The van der Waals surface area contributed by atoms with Crippen LogP contribution >= 0.6 is 0 Å². The van der Waals surface area contributed by atoms with Crippen LogP contribution in [0.2, 0.25) is 0 Å². The molecule has 4 nitrogen and oxygen atoms in total. The molecule has 5 heteroatoms. The molecule has 0 spiro atoms. The fourth-order valence-corrected chi connectivity index (χ4v) is 4.11. The van der Waals surface area contributed by atoms with Crippen LogP contribution in [-0.4, -0.2) is 20.5 Å². The summed E-state index contributed by atoms with van der Waals surface area (Å²) in [7, 11) is 0. The first-order valence-corrected chi connectivity index (χ1v) is 10.2. The van der Waals surface area contributed by atoms with E-state index in [2.05, 4.69) is 24.0 Å². The first-order valence-electron chi connectivity index (χ1n) is 9.15. The van der Waals surface area contributed by atoms with Crippen molar-refractivity contribution in [3.8, 4) is 28.7 Å². The largest absolute Gasteiger partial charge is 0.487 e. The molecule has 0 saturated heterocycles. The van der Waals surface area contributed by atoms with Crippen molar-refractivity contribution in [1.29, 1.82) is 0 Å². The molecule has 3 rings (SSSR count). The Bertz CT molecular complexity index is 823. The molecular weight excluding hydrogens is 360 g/mol. The van der Waals surface area contributed by atoms with Gasteiger partial charge in [0, 0.05) is 6.42 Å². The van der Waals surface area contributed by atoms with Crippen molar-refractivity contribution in [2.45, 2.75) is 50.7 Å². The molecule has 27 heavy (non-hydrogen) atoms. The topological polar surface area (TPSA) is 55.8 Å². The quantitative estimate of drug-likeness (QED) is 0.564. The maximum Gasteiger partial charge on any atom is 0.302 e. The minimum absolute atomic E-state index is 0.314. The van der Waals surface area contributed by atoms with E-state index in [-0.39, 0.29) is 6.10 Å². The van der Waals surface area contributed by atoms with E-state index in [0.717, 1.165) is 36.1 Å². The zero-order valence-electron chi connectivity index (χ0n) is 15.4. The molecule has 1 aliphatic rings. The van der Waals surface area contributed by atoms with Gasteiger partial charge in [-0.3, -0.25) is 8.74 Å². The van der Waals surface area contributed by atoms with Crippen molar-refractivity contribution >= 4 is 11.4 Å². The Morgan fingerprint density at radius 3 is 2.48 bits per heavy atom. The molecule has 0 aromatic heterocycles. The Hall–Kier alpha value is -2.13. The molecule has 1 saturated carbocycles. The standard InChI is InChI=1S/C22H24O4S/c1-2-3-16-22(26-27(23)24)17-8-7-11-21(22)25-20-14-12-19(13-15-20)18-9-5-4-6-10-18/h4-6,9-10,12-15,21H,7-8,11,16-17H2,1H3,(H,23,24). The molecule has 1 N–H and O–H groups in total. The summed E-state index contributed by atoms with van der Waals surface area (Å²) in [5, 5.41) is 0. The molecule has 1 aliphatic carbocycles. The lowest BCUT2D eigenvalue weighted by Crippen LogP contribution is -2.50. The van der Waals surface area contributed by atoms with E-state index >= 15 is 0 Å². The summed E-state index contributed by atoms with van der Waals surface area (Å²) >= 11 is -2.36. The Labute approximate surface area is 163 Å². The maximum absolute atomic E-state index is 11.4. The molecule has 0 bridgehead atoms. The van der Waals surface area contributed by atoms with Crippen LogP contribution in [0.4, 0.5) is 0 Å². The summed E-state index contributed by atoms with van der Waals surface area (Å²) in [5.74, 6) is 6.59. The fourth-order valence-electron chi connectivity index (χ4n) is 3.57. The summed E-state index contributed by atoms with van der Waals surface area (Å²) in [4.78, 5) is 0. The molecule has 0 radical (unpaired) electrons. The Kier molecular flexibility index (Phi) is 6.68. The number of rotatable bonds is 6. The van der Waals surface area contributed by atoms with Gasteiger partial charge in [-0.2, -0.15) is 4.21 Å². The minimum atomic E-state index is -2.36. The van der Waals surface area contributed by atoms with Crippen LogP contribution < -0.4 is 4.74 Å². The number of ether oxygens (including phenoxy) is 1. The summed E-state index contributed by atoms with van der Waals surface area (Å²) in [6.45, 7) is 1.75. The Morgan fingerprint density at radius 2 is 1.81 bits per heavy atom. The molecular formula is C22H24O4S. The normalized spacial score (nSPS) is 23.1. The van der Waals surface area contributed by atoms with Gasteiger partial charge in [0.2, 0.25) is 0 Å². The molecule has 0 aliphatic heterocycles. The van der Waals surface area contributed by atoms with Crippen molar-refractivity contribution in [1.82, 2.24) is 0 Å². The smallest absolute Gasteiger partial charge is 0.302 e. The van der Waals surface area contributed by atoms with Gasteiger partial charge in [0.15, 0.2) is 0 Å². The van der Waals surface area contributed by atoms with Crippen molar-refractivity contribution < 1.29 is 17.7 Å². The third kappa shape index (κ3) is 4.98. The van der Waals surface area contributed by atoms with Crippen molar-refractivity contribution in [2.75, 3.05) is 0 Å². The first kappa shape index (κ1) is 19.6. The average molecular weight is 384 g/mol. The van der Waals surface area contributed by atoms with Crippen molar-refractivity contribution in [3.05, 3.63) is 54.6 Å². The third-order valence-electron chi connectivity index (χ3n) is 4.94. The summed E-state index contributed by atoms with van der Waals surface area (Å²) in [6, 6.07) is 18.1. The highest BCUT2D eigenvalue weighted by Crippen LogP contribution is 2.38. The summed E-state index contributed by atoms with van der Waals surface area (Å²) < 4.78 is 32.5. The van der Waals surface area contributed by atoms with Gasteiger partial charge >= 0.3 is 11.4 Å². The minimum Gasteiger partial charge on any atom is -0.487 e. The van der Waals surface area contributed by atoms with Crippen LogP contribution in [0.3, 0.4) is 0 Å². The van der Waals surface area contributed by atoms with Crippen LogP contribution in [0.15, 0.2) is 54.6 Å². The highest BCUT2D eigenvalue weighted by Gasteiger charge is 2.45. The SMILES string of the molecule is CC#CCC1(OS(=O)O)CCCCC1Oc1ccc(-c2ccccc2)cc1. The molecule has 3 atom stereocenters. The van der Waals surface area contributed by atoms with E-state index in [1.54, 1.807) is 6.92 Å². The van der Waals surface area contributed by atoms with Gasteiger partial charge in [-0.25, -0.2) is 0 Å². The second-order valence-electron chi connectivity index (χ2n) is 6.71. The van der Waals surface area contributed by atoms with Crippen LogP contribution in [0.25, 0.3) is 11.1 Å². The number of hydrogen-bond acceptors (Lipinski definition) is 3. The molecule has 0 amide bonds. The van der Waals surface area contributed by atoms with Gasteiger partial charge < -0.3 is 4.74 Å². The molecule has 3 unspecified atom stereocenters. The van der Waals surface area contributed by atoms with E-state index < -0.39 is 17.0 Å². The first-order chi connectivity index (χ1) is 13.1. The highest BCUT2D eigenvalue weighted by atomic mass is 32.2. The van der Waals surface area contributed by atoms with Crippen molar-refractivity contribution in [2.24, 2.45) is 0 Å². The molecule has 1 fully saturated rings. The predicted molar refractivity (Wildman–Crippen MR) is 107 cm³/mol. The van der Waals surface area contributed by atoms with Gasteiger partial charge in [-0.1, -0.05) is 48.9 Å². The molecule has 2 aromatic rings. The van der Waals surface area contributed by atoms with E-state index in [1.165, 1.54) is 0 Å². The molecule has 2 aromatic carbocycles. The van der Waals surface area contributed by atoms with E-state index in [9.17, 15) is 8.76 Å². The lowest BCUT2D eigenvalue weighted by molar-refractivity contribution is -0.0609. The number of benzene rings is 2. The second kappa shape index (κ2) is 9.18. The fraction of sp³-hybridized carbons (Fsp3) is 0.364. The lowest BCUT2D eigenvalue weighted by atomic mass is 9.80. The number of hydrogen-bond donors (Lipinski definition) is 1. The lowest BCUT2D eigenvalue weighted by Gasteiger charge is -2.41. The third-order valence-corrected chi connectivity index (χ3v) is 5.42. The maximum atomic E-state index is 11.4. The van der Waals surface area contributed by atoms with Gasteiger partial charge in [-0.05, 0) is 49.4 Å². The zero-order chi connectivity index (χ0) is 19.1. The molecule has 142 valence electrons. The average Bonchev–Trinajstić information content (AvgIpc) is 2.69. The van der Waals surface area contributed by atoms with E-state index in [4.69, 9.17) is 8.92 Å². The van der Waals surface area contributed by atoms with Gasteiger partial charge in [0.1, 0.15) is 17.5 Å². The Morgan fingerprint density at radius 1 is 1.11 bits per heavy atom. The van der Waals surface area contributed by atoms with Crippen LogP contribution in [-0.2, 0) is 15.5 Å². The van der Waals surface area contributed by atoms with Gasteiger partial charge in [-0.15, -0.1) is 11.8 Å². The van der Waals surface area contributed by atoms with E-state index in [1.807, 2.05) is 42.5 Å². The van der Waals surface area contributed by atoms with Crippen molar-refractivity contribution in [3.63, 3.8) is 0 Å². The summed E-state index contributed by atoms with van der Waals surface area (Å²) in [6.07, 6.45) is 3.41. The van der Waals surface area contributed by atoms with Crippen LogP contribution in [0.5, 0.6) is 5.75 Å².